The second kappa shape index (κ2) is 5.16. The van der Waals surface area contributed by atoms with Crippen LogP contribution in [0.5, 0.6) is 0 Å². The van der Waals surface area contributed by atoms with Gasteiger partial charge in [0.2, 0.25) is 0 Å². The molecule has 2 aliphatic heterocycles. The van der Waals surface area contributed by atoms with Crippen molar-refractivity contribution in [2.24, 2.45) is 0 Å². The summed E-state index contributed by atoms with van der Waals surface area (Å²) in [6, 6.07) is 6.41. The van der Waals surface area contributed by atoms with Gasteiger partial charge in [0.25, 0.3) is 0 Å². The van der Waals surface area contributed by atoms with Gasteiger partial charge in [-0.15, -0.1) is 0 Å². The molecule has 0 bridgehead atoms. The smallest absolute Gasteiger partial charge is 0.395 e. The molecule has 0 saturated heterocycles. The van der Waals surface area contributed by atoms with Crippen molar-refractivity contribution in [3.05, 3.63) is 75.2 Å². The van der Waals surface area contributed by atoms with Crippen LogP contribution in [-0.2, 0) is 0 Å². The van der Waals surface area contributed by atoms with Crippen molar-refractivity contribution in [3.8, 4) is 0 Å². The van der Waals surface area contributed by atoms with E-state index in [0.717, 1.165) is 15.2 Å². The zero-order valence-electron chi connectivity index (χ0n) is 12.1. The average Bonchev–Trinajstić information content (AvgIpc) is 3.18. The molecule has 3 heterocycles. The van der Waals surface area contributed by atoms with Crippen molar-refractivity contribution in [2.45, 2.75) is 0 Å². The first kappa shape index (κ1) is 15.4. The molecule has 0 fully saturated rings. The summed E-state index contributed by atoms with van der Waals surface area (Å²) in [6.45, 7) is -4.09. The molecule has 2 aromatic rings. The molecule has 0 saturated carbocycles. The second-order valence-electron chi connectivity index (χ2n) is 5.54. The molecule has 0 amide bonds. The lowest BCUT2D eigenvalue weighted by molar-refractivity contribution is -0.356. The van der Waals surface area contributed by atoms with Gasteiger partial charge in [-0.2, -0.15) is 0 Å². The van der Waals surface area contributed by atoms with Gasteiger partial charge in [0.1, 0.15) is 6.21 Å². The van der Waals surface area contributed by atoms with Crippen LogP contribution in [0.4, 0.5) is 8.63 Å². The lowest BCUT2D eigenvalue weighted by Gasteiger charge is -2.31. The number of nitrogens with zero attached hydrogens (tertiary/aromatic N) is 2. The lowest BCUT2D eigenvalue weighted by Crippen LogP contribution is -2.49. The summed E-state index contributed by atoms with van der Waals surface area (Å²) in [5.41, 5.74) is 1.61. The summed E-state index contributed by atoms with van der Waals surface area (Å²) < 4.78 is 31.4. The summed E-state index contributed by atoms with van der Waals surface area (Å²) in [5.74, 6) is 0. The van der Waals surface area contributed by atoms with E-state index in [1.165, 1.54) is 12.3 Å². The first-order valence-electron chi connectivity index (χ1n) is 7.13. The lowest BCUT2D eigenvalue weighted by atomic mass is 9.86. The number of carbonyl (C=O) groups is 1. The van der Waals surface area contributed by atoms with Gasteiger partial charge in [-0.3, -0.25) is 4.79 Å². The second-order valence-corrected chi connectivity index (χ2v) is 6.36. The number of aromatic nitrogens is 1. The summed E-state index contributed by atoms with van der Waals surface area (Å²) in [7, 11) is 0. The van der Waals surface area contributed by atoms with Crippen LogP contribution in [0.15, 0.2) is 48.3 Å². The first-order chi connectivity index (χ1) is 11.4. The Bertz CT molecular complexity index is 972. The van der Waals surface area contributed by atoms with Crippen LogP contribution in [0.25, 0.3) is 5.57 Å². The predicted octanol–water partition coefficient (Wildman–Crippen LogP) is 4.26. The molecule has 1 aromatic heterocycles. The summed E-state index contributed by atoms with van der Waals surface area (Å²) in [4.78, 5) is 11.1. The highest BCUT2D eigenvalue weighted by molar-refractivity contribution is 6.58. The molecule has 3 nitrogen and oxygen atoms in total. The Morgan fingerprint density at radius 1 is 1.21 bits per heavy atom. The molecule has 4 rings (SSSR count). The Labute approximate surface area is 146 Å². The fourth-order valence-corrected chi connectivity index (χ4v) is 3.74. The van der Waals surface area contributed by atoms with E-state index in [0.29, 0.717) is 33.2 Å². The molecule has 24 heavy (non-hydrogen) atoms. The van der Waals surface area contributed by atoms with E-state index in [2.05, 4.69) is 0 Å². The minimum absolute atomic E-state index is 0.165. The van der Waals surface area contributed by atoms with Crippen molar-refractivity contribution in [2.75, 3.05) is 0 Å². The van der Waals surface area contributed by atoms with Crippen LogP contribution in [0.1, 0.15) is 21.6 Å². The molecule has 0 aliphatic carbocycles. The highest BCUT2D eigenvalue weighted by Crippen LogP contribution is 2.43. The predicted molar refractivity (Wildman–Crippen MR) is 91.1 cm³/mol. The van der Waals surface area contributed by atoms with Crippen molar-refractivity contribution < 1.29 is 17.9 Å². The largest absolute Gasteiger partial charge is 0.737 e. The van der Waals surface area contributed by atoms with Gasteiger partial charge >= 0.3 is 6.97 Å². The third kappa shape index (κ3) is 1.96. The van der Waals surface area contributed by atoms with Crippen molar-refractivity contribution in [1.29, 1.82) is 0 Å². The maximum atomic E-state index is 14.9. The molecule has 1 aromatic carbocycles. The third-order valence-corrected chi connectivity index (χ3v) is 4.81. The quantitative estimate of drug-likeness (QED) is 0.577. The normalized spacial score (nSPS) is 17.6. The standard InChI is InChI=1S/C16H9BCl2F2N2O/c18-11-3-1-4-12(19)15(11)16-13-5-2-6-22(13)17(20,21)23-8-10(9-24)7-14(16)23/h1-9H. The number of benzene rings is 1. The molecule has 0 spiro atoms. The van der Waals surface area contributed by atoms with Crippen LogP contribution in [-0.4, -0.2) is 28.4 Å². The van der Waals surface area contributed by atoms with Crippen molar-refractivity contribution >= 4 is 48.2 Å². The Morgan fingerprint density at radius 3 is 2.58 bits per heavy atom. The van der Waals surface area contributed by atoms with Gasteiger partial charge in [0.05, 0.1) is 15.6 Å². The number of allylic oxidation sites excluding steroid dienone is 2. The molecule has 2 aliphatic rings. The number of rotatable bonds is 2. The van der Waals surface area contributed by atoms with E-state index in [-0.39, 0.29) is 11.3 Å². The average molecular weight is 365 g/mol. The van der Waals surface area contributed by atoms with E-state index in [1.54, 1.807) is 30.4 Å². The highest BCUT2D eigenvalue weighted by atomic mass is 35.5. The van der Waals surface area contributed by atoms with Crippen LogP contribution in [0.2, 0.25) is 10.0 Å². The Morgan fingerprint density at radius 2 is 1.92 bits per heavy atom. The first-order valence-corrected chi connectivity index (χ1v) is 7.89. The maximum absolute atomic E-state index is 14.9. The number of carbonyl (C=O) groups excluding carboxylic acids is 1. The fourth-order valence-electron chi connectivity index (χ4n) is 3.16. The van der Waals surface area contributed by atoms with E-state index >= 15 is 0 Å². The number of hydrogen-bond donors (Lipinski definition) is 0. The van der Waals surface area contributed by atoms with Gasteiger partial charge in [0.15, 0.2) is 12.0 Å². The summed E-state index contributed by atoms with van der Waals surface area (Å²) in [6.07, 6.45) is 6.13. The van der Waals surface area contributed by atoms with E-state index in [1.807, 2.05) is 0 Å². The molecule has 0 atom stereocenters. The topological polar surface area (TPSA) is 25.0 Å². The molecule has 0 radical (unpaired) electrons. The van der Waals surface area contributed by atoms with Gasteiger partial charge < -0.3 is 17.6 Å². The van der Waals surface area contributed by atoms with Gasteiger partial charge in [-0.25, -0.2) is 0 Å². The summed E-state index contributed by atoms with van der Waals surface area (Å²) >= 11 is 12.6. The molecular weight excluding hydrogens is 356 g/mol. The van der Waals surface area contributed by atoms with E-state index in [4.69, 9.17) is 23.2 Å². The highest BCUT2D eigenvalue weighted by Gasteiger charge is 2.52. The fraction of sp³-hybridized carbons (Fsp3) is 0. The Balaban J connectivity index is 2.13. The van der Waals surface area contributed by atoms with Gasteiger partial charge in [-0.1, -0.05) is 29.3 Å². The number of fused-ring (bicyclic) bond motifs is 2. The van der Waals surface area contributed by atoms with Crippen LogP contribution in [0, 0.1) is 0 Å². The van der Waals surface area contributed by atoms with Crippen LogP contribution in [0.3, 0.4) is 0 Å². The molecule has 0 unspecified atom stereocenters. The number of halogens is 4. The zero-order chi connectivity index (χ0) is 17.1. The van der Waals surface area contributed by atoms with E-state index < -0.39 is 6.97 Å². The molecule has 120 valence electrons. The molecular formula is C16H9BCl2F2N2O. The molecule has 0 N–H and O–H groups in total. The Kier molecular flexibility index (Phi) is 3.30. The number of hydrogen-bond acceptors (Lipinski definition) is 1. The third-order valence-electron chi connectivity index (χ3n) is 4.18. The maximum Gasteiger partial charge on any atom is 0.737 e. The zero-order valence-corrected chi connectivity index (χ0v) is 13.6. The van der Waals surface area contributed by atoms with Crippen LogP contribution < -0.4 is 0 Å². The van der Waals surface area contributed by atoms with Crippen LogP contribution >= 0.6 is 23.2 Å². The van der Waals surface area contributed by atoms with E-state index in [9.17, 15) is 13.4 Å². The minimum Gasteiger partial charge on any atom is -0.395 e. The van der Waals surface area contributed by atoms with Crippen molar-refractivity contribution in [1.82, 2.24) is 4.48 Å². The van der Waals surface area contributed by atoms with Crippen molar-refractivity contribution in [3.63, 3.8) is 0 Å². The SMILES string of the molecule is O=Cc1cc2n(c1)[B-](F)(F)[N+]1=CC=CC1=C2c1c(Cl)cccc1Cl. The monoisotopic (exact) mass is 364 g/mol. The van der Waals surface area contributed by atoms with Gasteiger partial charge in [0, 0.05) is 29.0 Å². The minimum atomic E-state index is -4.09. The Hall–Kier alpha value is -2.18. The molecule has 8 heteroatoms. The number of aldehydes is 1. The summed E-state index contributed by atoms with van der Waals surface area (Å²) in [5, 5.41) is 0.701. The van der Waals surface area contributed by atoms with Gasteiger partial charge in [-0.05, 0) is 24.4 Å².